The van der Waals surface area contributed by atoms with Gasteiger partial charge in [-0.3, -0.25) is 0 Å². The Balaban J connectivity index is 1.69. The van der Waals surface area contributed by atoms with Crippen molar-refractivity contribution in [3.63, 3.8) is 0 Å². The van der Waals surface area contributed by atoms with Gasteiger partial charge in [0, 0.05) is 16.3 Å². The van der Waals surface area contributed by atoms with E-state index in [0.29, 0.717) is 17.5 Å². The van der Waals surface area contributed by atoms with E-state index >= 15 is 0 Å². The second-order valence-corrected chi connectivity index (χ2v) is 11.0. The molecular formula is C32H30N2O. The molecule has 2 aromatic heterocycles. The number of rotatable bonds is 2. The molecule has 0 aliphatic rings. The van der Waals surface area contributed by atoms with E-state index in [1.165, 1.54) is 27.3 Å². The summed E-state index contributed by atoms with van der Waals surface area (Å²) in [6.45, 7) is 13.2. The molecule has 3 heteroatoms. The van der Waals surface area contributed by atoms with Gasteiger partial charge in [0.25, 0.3) is 0 Å². The number of furan rings is 1. The van der Waals surface area contributed by atoms with Crippen molar-refractivity contribution in [1.82, 2.24) is 9.97 Å². The molecule has 0 unspecified atom stereocenters. The highest BCUT2D eigenvalue weighted by Gasteiger charge is 2.22. The molecular weight excluding hydrogens is 428 g/mol. The zero-order valence-electron chi connectivity index (χ0n) is 21.2. The highest BCUT2D eigenvalue weighted by molar-refractivity contribution is 6.18. The summed E-state index contributed by atoms with van der Waals surface area (Å²) >= 11 is 0. The molecule has 35 heavy (non-hydrogen) atoms. The minimum absolute atomic E-state index is 0.000404. The highest BCUT2D eigenvalue weighted by atomic mass is 16.3. The van der Waals surface area contributed by atoms with Crippen LogP contribution < -0.4 is 0 Å². The van der Waals surface area contributed by atoms with E-state index in [4.69, 9.17) is 14.4 Å². The van der Waals surface area contributed by atoms with E-state index in [2.05, 4.69) is 101 Å². The lowest BCUT2D eigenvalue weighted by Gasteiger charge is -2.23. The van der Waals surface area contributed by atoms with Crippen LogP contribution >= 0.6 is 0 Å². The lowest BCUT2D eigenvalue weighted by atomic mass is 9.82. The molecule has 0 bridgehead atoms. The maximum Gasteiger partial charge on any atom is 0.231 e. The first-order valence-electron chi connectivity index (χ1n) is 12.4. The Morgan fingerprint density at radius 1 is 0.771 bits per heavy atom. The first kappa shape index (κ1) is 21.8. The molecule has 0 saturated heterocycles. The van der Waals surface area contributed by atoms with E-state index in [0.717, 1.165) is 33.0 Å². The zero-order valence-corrected chi connectivity index (χ0v) is 21.2. The normalized spacial score (nSPS) is 12.5. The van der Waals surface area contributed by atoms with Gasteiger partial charge in [0.2, 0.25) is 5.71 Å². The fourth-order valence-electron chi connectivity index (χ4n) is 5.22. The van der Waals surface area contributed by atoms with Crippen LogP contribution in [0.3, 0.4) is 0 Å². The molecule has 6 rings (SSSR count). The number of benzene rings is 4. The van der Waals surface area contributed by atoms with Gasteiger partial charge in [0.05, 0.1) is 11.1 Å². The molecule has 0 aliphatic heterocycles. The van der Waals surface area contributed by atoms with Crippen LogP contribution in [0, 0.1) is 6.92 Å². The van der Waals surface area contributed by atoms with Crippen LogP contribution in [0.25, 0.3) is 54.9 Å². The fraction of sp³-hybridized carbons (Fsp3) is 0.250. The second kappa shape index (κ2) is 7.64. The summed E-state index contributed by atoms with van der Waals surface area (Å²) in [5.41, 5.74) is 6.20. The molecule has 0 aliphatic carbocycles. The van der Waals surface area contributed by atoms with Crippen molar-refractivity contribution in [3.8, 4) is 11.3 Å². The summed E-state index contributed by atoms with van der Waals surface area (Å²) < 4.78 is 6.44. The summed E-state index contributed by atoms with van der Waals surface area (Å²) in [6, 6.07) is 24.2. The zero-order chi connectivity index (χ0) is 24.5. The monoisotopic (exact) mass is 458 g/mol. The van der Waals surface area contributed by atoms with Crippen molar-refractivity contribution in [2.75, 3.05) is 0 Å². The highest BCUT2D eigenvalue weighted by Crippen LogP contribution is 2.41. The number of hydrogen-bond donors (Lipinski definition) is 0. The minimum atomic E-state index is -0.000404. The van der Waals surface area contributed by atoms with Gasteiger partial charge >= 0.3 is 0 Å². The largest absolute Gasteiger partial charge is 0.437 e. The molecule has 0 radical (unpaired) electrons. The van der Waals surface area contributed by atoms with Crippen molar-refractivity contribution >= 4 is 43.6 Å². The molecule has 0 amide bonds. The third-order valence-electron chi connectivity index (χ3n) is 7.06. The molecule has 4 aromatic carbocycles. The van der Waals surface area contributed by atoms with Crippen LogP contribution in [0.1, 0.15) is 57.5 Å². The van der Waals surface area contributed by atoms with Crippen molar-refractivity contribution in [3.05, 3.63) is 83.7 Å². The number of aromatic nitrogens is 2. The van der Waals surface area contributed by atoms with Gasteiger partial charge in [-0.25, -0.2) is 4.98 Å². The SMILES string of the molecule is Cc1nc(-c2cc(C(C)(C)C)c3ccccc3c2)c2c(n1)oc1c3ccc(C(C)C)cc3ccc12. The first-order valence-corrected chi connectivity index (χ1v) is 12.4. The predicted octanol–water partition coefficient (Wildman–Crippen LogP) is 9.08. The average molecular weight is 459 g/mol. The third-order valence-corrected chi connectivity index (χ3v) is 7.06. The minimum Gasteiger partial charge on any atom is -0.437 e. The van der Waals surface area contributed by atoms with Crippen LogP contribution in [0.15, 0.2) is 71.1 Å². The van der Waals surface area contributed by atoms with E-state index < -0.39 is 0 Å². The smallest absolute Gasteiger partial charge is 0.231 e. The molecule has 0 N–H and O–H groups in total. The molecule has 0 spiro atoms. The van der Waals surface area contributed by atoms with Gasteiger partial charge in [0.15, 0.2) is 0 Å². The van der Waals surface area contributed by atoms with Gasteiger partial charge in [-0.2, -0.15) is 4.98 Å². The number of aryl methyl sites for hydroxylation is 1. The van der Waals surface area contributed by atoms with Crippen molar-refractivity contribution in [1.29, 1.82) is 0 Å². The van der Waals surface area contributed by atoms with Crippen LogP contribution in [0.5, 0.6) is 0 Å². The van der Waals surface area contributed by atoms with E-state index in [9.17, 15) is 0 Å². The topological polar surface area (TPSA) is 38.9 Å². The van der Waals surface area contributed by atoms with Gasteiger partial charge in [-0.1, -0.05) is 83.1 Å². The average Bonchev–Trinajstić information content (AvgIpc) is 3.20. The standard InChI is InChI=1S/C32H30N2O/c1-18(2)20-11-13-25-22(15-20)12-14-26-28-29(33-19(3)34-31(28)35-30(25)26)23-16-21-9-7-8-10-24(21)27(17-23)32(4,5)6/h7-18H,1-6H3. The summed E-state index contributed by atoms with van der Waals surface area (Å²) in [4.78, 5) is 9.68. The van der Waals surface area contributed by atoms with Crippen molar-refractivity contribution in [2.45, 2.75) is 52.9 Å². The molecule has 3 nitrogen and oxygen atoms in total. The maximum atomic E-state index is 6.44. The summed E-state index contributed by atoms with van der Waals surface area (Å²) in [5.74, 6) is 1.19. The van der Waals surface area contributed by atoms with E-state index in [1.807, 2.05) is 6.92 Å². The van der Waals surface area contributed by atoms with Crippen molar-refractivity contribution < 1.29 is 4.42 Å². The summed E-state index contributed by atoms with van der Waals surface area (Å²) in [7, 11) is 0. The van der Waals surface area contributed by atoms with Crippen LogP contribution in [0.4, 0.5) is 0 Å². The Morgan fingerprint density at radius 2 is 1.51 bits per heavy atom. The lowest BCUT2D eigenvalue weighted by molar-refractivity contribution is 0.596. The first-order chi connectivity index (χ1) is 16.7. The van der Waals surface area contributed by atoms with Crippen LogP contribution in [-0.2, 0) is 5.41 Å². The predicted molar refractivity (Wildman–Crippen MR) is 147 cm³/mol. The Bertz CT molecular complexity index is 1770. The van der Waals surface area contributed by atoms with Crippen LogP contribution in [0.2, 0.25) is 0 Å². The summed E-state index contributed by atoms with van der Waals surface area (Å²) in [6.07, 6.45) is 0. The Hall–Kier alpha value is -3.72. The molecule has 0 atom stereocenters. The number of fused-ring (bicyclic) bond motifs is 6. The third kappa shape index (κ3) is 3.49. The van der Waals surface area contributed by atoms with Crippen LogP contribution in [-0.4, -0.2) is 9.97 Å². The van der Waals surface area contributed by atoms with Gasteiger partial charge in [-0.15, -0.1) is 0 Å². The van der Waals surface area contributed by atoms with Crippen molar-refractivity contribution in [2.24, 2.45) is 0 Å². The van der Waals surface area contributed by atoms with Gasteiger partial charge in [-0.05, 0) is 63.7 Å². The molecule has 6 aromatic rings. The number of hydrogen-bond acceptors (Lipinski definition) is 3. The Labute approximate surface area is 205 Å². The molecule has 2 heterocycles. The fourth-order valence-corrected chi connectivity index (χ4v) is 5.22. The molecule has 0 saturated carbocycles. The van der Waals surface area contributed by atoms with E-state index in [-0.39, 0.29) is 5.41 Å². The van der Waals surface area contributed by atoms with Gasteiger partial charge < -0.3 is 4.42 Å². The quantitative estimate of drug-likeness (QED) is 0.260. The Kier molecular flexibility index (Phi) is 4.76. The second-order valence-electron chi connectivity index (χ2n) is 11.0. The molecule has 174 valence electrons. The molecule has 0 fully saturated rings. The Morgan fingerprint density at radius 3 is 2.29 bits per heavy atom. The maximum absolute atomic E-state index is 6.44. The van der Waals surface area contributed by atoms with E-state index in [1.54, 1.807) is 0 Å². The number of nitrogens with zero attached hydrogens (tertiary/aromatic N) is 2. The lowest BCUT2D eigenvalue weighted by Crippen LogP contribution is -2.12. The summed E-state index contributed by atoms with van der Waals surface area (Å²) in [5, 5.41) is 6.85. The van der Waals surface area contributed by atoms with Gasteiger partial charge in [0.1, 0.15) is 11.4 Å².